The molecule has 0 aromatic heterocycles. The largest absolute Gasteiger partial charge is 0.346 e. The Kier molecular flexibility index (Phi) is 26.1. The van der Waals surface area contributed by atoms with Crippen molar-refractivity contribution in [1.29, 1.82) is 0 Å². The molecule has 194 valence electrons. The topological polar surface area (TPSA) is 95.4 Å². The Morgan fingerprint density at radius 2 is 1.00 bits per heavy atom. The summed E-state index contributed by atoms with van der Waals surface area (Å²) in [6.45, 7) is 1.98. The van der Waals surface area contributed by atoms with Crippen molar-refractivity contribution in [3.63, 3.8) is 0 Å². The maximum atomic E-state index is 12.0. The van der Waals surface area contributed by atoms with Crippen molar-refractivity contribution in [2.24, 2.45) is 0 Å². The number of carbonyl (C=O) groups is 1. The number of rotatable bonds is 24. The van der Waals surface area contributed by atoms with Crippen LogP contribution in [0, 0.1) is 0 Å². The molecule has 0 unspecified atom stereocenters. The number of alkyl halides is 1. The van der Waals surface area contributed by atoms with Crippen LogP contribution in [0.15, 0.2) is 0 Å². The predicted octanol–water partition coefficient (Wildman–Crippen LogP) is 8.20. The van der Waals surface area contributed by atoms with Gasteiger partial charge in [0.15, 0.2) is 0 Å². The third kappa shape index (κ3) is 25.6. The third-order valence-electron chi connectivity index (χ3n) is 5.73. The fraction of sp³-hybridized carbons (Fsp3) is 0.960. The lowest BCUT2D eigenvalue weighted by Crippen LogP contribution is -2.16. The van der Waals surface area contributed by atoms with E-state index in [0.29, 0.717) is 19.3 Å². The van der Waals surface area contributed by atoms with E-state index in [-0.39, 0.29) is 25.0 Å². The number of hydrogen-bond donors (Lipinski definition) is 1. The number of halogens is 1. The minimum atomic E-state index is -3.75. The highest BCUT2D eigenvalue weighted by Crippen LogP contribution is 2.14. The van der Waals surface area contributed by atoms with Gasteiger partial charge in [-0.25, -0.2) is 0 Å². The first-order chi connectivity index (χ1) is 15.0. The van der Waals surface area contributed by atoms with Crippen LogP contribution in [0.5, 0.6) is 0 Å². The summed E-state index contributed by atoms with van der Waals surface area (Å²) < 4.78 is 40.4. The average molecular weight is 482 g/mol. The smallest absolute Gasteiger partial charge is 0.322 e. The fourth-order valence-corrected chi connectivity index (χ4v) is 4.78. The molecule has 0 atom stereocenters. The highest BCUT2D eigenvalue weighted by Gasteiger charge is 2.16. The summed E-state index contributed by atoms with van der Waals surface area (Å²) in [5.74, 6) is -0.712. The van der Waals surface area contributed by atoms with Gasteiger partial charge in [-0.15, -0.1) is 0 Å². The zero-order chi connectivity index (χ0) is 23.0. The number of unbranched alkanes of at least 4 members (excludes halogenated alkanes) is 18. The highest BCUT2D eigenvalue weighted by molar-refractivity contribution is 7.87. The van der Waals surface area contributed by atoms with Crippen LogP contribution < -0.4 is 6.15 Å². The Morgan fingerprint density at radius 1 is 0.625 bits per heavy atom. The monoisotopic (exact) mass is 481 g/mol. The Hall–Kier alpha value is -0.690. The number of carbonyl (C=O) groups excluding carboxylic acids is 1. The summed E-state index contributed by atoms with van der Waals surface area (Å²) in [6.07, 6.45) is 21.9. The zero-order valence-electron chi connectivity index (χ0n) is 20.9. The van der Waals surface area contributed by atoms with E-state index in [9.17, 15) is 17.6 Å². The Morgan fingerprint density at radius 3 is 1.44 bits per heavy atom. The van der Waals surface area contributed by atoms with Gasteiger partial charge in [0, 0.05) is 6.42 Å². The molecule has 32 heavy (non-hydrogen) atoms. The molecule has 0 saturated heterocycles. The molecule has 0 aliphatic carbocycles. The van der Waals surface area contributed by atoms with Crippen LogP contribution in [-0.2, 0) is 19.1 Å². The predicted molar refractivity (Wildman–Crippen MR) is 134 cm³/mol. The van der Waals surface area contributed by atoms with Gasteiger partial charge >= 0.3 is 16.1 Å². The SMILES string of the molecule is CCCCCCCCCCCCCCCC(=O)OS(=O)(=O)CCCCCCCCCF.N. The molecule has 0 rings (SSSR count). The first-order valence-corrected chi connectivity index (χ1v) is 14.6. The van der Waals surface area contributed by atoms with Gasteiger partial charge in [-0.2, -0.15) is 8.42 Å². The van der Waals surface area contributed by atoms with E-state index in [1.165, 1.54) is 64.2 Å². The van der Waals surface area contributed by atoms with E-state index >= 15 is 0 Å². The molecule has 0 aliphatic rings. The number of hydrogen-bond acceptors (Lipinski definition) is 5. The Bertz CT molecular complexity index is 500. The molecule has 0 bridgehead atoms. The van der Waals surface area contributed by atoms with E-state index in [0.717, 1.165) is 44.9 Å². The summed E-state index contributed by atoms with van der Waals surface area (Å²) in [4.78, 5) is 11.8. The first kappa shape index (κ1) is 33.5. The van der Waals surface area contributed by atoms with Gasteiger partial charge in [0.05, 0.1) is 12.4 Å². The molecule has 3 N–H and O–H groups in total. The standard InChI is InChI=1S/C25H49FO4S.H3N/c1-2-3-4-5-6-7-8-9-10-11-13-16-19-22-25(27)30-31(28,29)24-21-18-15-12-14-17-20-23-26;/h2-24H2,1H3;1H3. The molecule has 0 aliphatic heterocycles. The molecule has 0 saturated carbocycles. The summed E-state index contributed by atoms with van der Waals surface area (Å²) in [7, 11) is -3.75. The van der Waals surface area contributed by atoms with Crippen LogP contribution >= 0.6 is 0 Å². The fourth-order valence-electron chi connectivity index (χ4n) is 3.77. The van der Waals surface area contributed by atoms with Crippen LogP contribution in [0.1, 0.15) is 142 Å². The van der Waals surface area contributed by atoms with Crippen molar-refractivity contribution in [3.8, 4) is 0 Å². The lowest BCUT2D eigenvalue weighted by molar-refractivity contribution is -0.133. The van der Waals surface area contributed by atoms with Crippen molar-refractivity contribution < 1.29 is 21.8 Å². The molecule has 7 heteroatoms. The highest BCUT2D eigenvalue weighted by atomic mass is 32.2. The molecular formula is C25H52FNO4S. The van der Waals surface area contributed by atoms with E-state index in [1.807, 2.05) is 0 Å². The van der Waals surface area contributed by atoms with E-state index < -0.39 is 16.1 Å². The minimum absolute atomic E-state index is 0. The van der Waals surface area contributed by atoms with Crippen LogP contribution in [-0.4, -0.2) is 26.8 Å². The summed E-state index contributed by atoms with van der Waals surface area (Å²) in [6, 6.07) is 0. The van der Waals surface area contributed by atoms with Gasteiger partial charge in [-0.05, 0) is 19.3 Å². The second-order valence-corrected chi connectivity index (χ2v) is 10.6. The molecule has 0 aromatic rings. The summed E-state index contributed by atoms with van der Waals surface area (Å²) >= 11 is 0. The molecule has 0 aromatic carbocycles. The third-order valence-corrected chi connectivity index (χ3v) is 6.96. The molecular weight excluding hydrogens is 429 g/mol. The van der Waals surface area contributed by atoms with Crippen LogP contribution in [0.3, 0.4) is 0 Å². The van der Waals surface area contributed by atoms with Gasteiger partial charge < -0.3 is 10.3 Å². The van der Waals surface area contributed by atoms with Gasteiger partial charge in [0.2, 0.25) is 0 Å². The maximum absolute atomic E-state index is 12.0. The molecule has 0 amide bonds. The Labute approximate surface area is 198 Å². The first-order valence-electron chi connectivity index (χ1n) is 13.0. The summed E-state index contributed by atoms with van der Waals surface area (Å²) in [5.41, 5.74) is 0. The second kappa shape index (κ2) is 24.9. The average Bonchev–Trinajstić information content (AvgIpc) is 2.73. The quantitative estimate of drug-likeness (QED) is 0.111. The molecule has 0 heterocycles. The summed E-state index contributed by atoms with van der Waals surface area (Å²) in [5, 5.41) is 0. The molecule has 0 radical (unpaired) electrons. The lowest BCUT2D eigenvalue weighted by atomic mass is 10.0. The normalized spacial score (nSPS) is 11.3. The molecule has 0 fully saturated rings. The van der Waals surface area contributed by atoms with Gasteiger partial charge in [-0.1, -0.05) is 116 Å². The van der Waals surface area contributed by atoms with Crippen LogP contribution in [0.2, 0.25) is 0 Å². The van der Waals surface area contributed by atoms with Crippen molar-refractivity contribution in [3.05, 3.63) is 0 Å². The van der Waals surface area contributed by atoms with Crippen molar-refractivity contribution in [2.75, 3.05) is 12.4 Å². The Balaban J connectivity index is 0. The van der Waals surface area contributed by atoms with Crippen molar-refractivity contribution in [1.82, 2.24) is 6.15 Å². The van der Waals surface area contributed by atoms with Crippen molar-refractivity contribution >= 4 is 16.1 Å². The minimum Gasteiger partial charge on any atom is -0.346 e. The molecule has 5 nitrogen and oxygen atoms in total. The van der Waals surface area contributed by atoms with E-state index in [2.05, 4.69) is 6.92 Å². The second-order valence-electron chi connectivity index (χ2n) is 8.87. The van der Waals surface area contributed by atoms with E-state index in [1.54, 1.807) is 0 Å². The van der Waals surface area contributed by atoms with Crippen LogP contribution in [0.25, 0.3) is 0 Å². The van der Waals surface area contributed by atoms with Gasteiger partial charge in [-0.3, -0.25) is 9.18 Å². The van der Waals surface area contributed by atoms with Gasteiger partial charge in [0.25, 0.3) is 0 Å². The van der Waals surface area contributed by atoms with Crippen molar-refractivity contribution in [2.45, 2.75) is 142 Å². The zero-order valence-corrected chi connectivity index (χ0v) is 21.7. The maximum Gasteiger partial charge on any atom is 0.322 e. The molecule has 0 spiro atoms. The lowest BCUT2D eigenvalue weighted by Gasteiger charge is -2.06. The van der Waals surface area contributed by atoms with Gasteiger partial charge in [0.1, 0.15) is 0 Å². The van der Waals surface area contributed by atoms with E-state index in [4.69, 9.17) is 4.18 Å². The van der Waals surface area contributed by atoms with Crippen LogP contribution in [0.4, 0.5) is 4.39 Å².